The summed E-state index contributed by atoms with van der Waals surface area (Å²) in [5.74, 6) is 0. The molecule has 0 spiro atoms. The Morgan fingerprint density at radius 2 is 0.500 bits per heavy atom. The minimum Gasteiger partial charge on any atom is -1.00 e. The van der Waals surface area contributed by atoms with Crippen LogP contribution in [-0.2, 0) is 21.7 Å². The van der Waals surface area contributed by atoms with Crippen molar-refractivity contribution < 1.29 is 71.3 Å². The molecule has 0 saturated heterocycles. The number of halogens is 4. The Bertz CT molecular complexity index is 7.51. The molecular weight excluding hydrogens is 222 g/mol. The molecule has 0 aliphatic heterocycles. The third-order valence-corrected chi connectivity index (χ3v) is 0. The minimum atomic E-state index is 0. The van der Waals surface area contributed by atoms with Crippen molar-refractivity contribution in [1.29, 1.82) is 0 Å². The van der Waals surface area contributed by atoms with Crippen LogP contribution < -0.4 is 49.6 Å². The second-order valence-electron chi connectivity index (χ2n) is 0. The van der Waals surface area contributed by atoms with E-state index in [2.05, 4.69) is 0 Å². The number of rotatable bonds is 0. The summed E-state index contributed by atoms with van der Waals surface area (Å²) >= 11 is 0. The molecule has 0 aliphatic rings. The van der Waals surface area contributed by atoms with Gasteiger partial charge in [0.15, 0.2) is 0 Å². The van der Waals surface area contributed by atoms with E-state index < -0.39 is 0 Å². The van der Waals surface area contributed by atoms with Crippen LogP contribution >= 0.6 is 13.5 Å². The van der Waals surface area contributed by atoms with Crippen molar-refractivity contribution in [2.24, 2.45) is 0 Å². The average Bonchev–Trinajstić information content (AvgIpc) is 0. The van der Waals surface area contributed by atoms with Crippen molar-refractivity contribution in [3.05, 3.63) is 0 Å². The Balaban J connectivity index is 0. The summed E-state index contributed by atoms with van der Waals surface area (Å²) in [6.07, 6.45) is 0. The predicted molar refractivity (Wildman–Crippen MR) is 10.4 cm³/mol. The van der Waals surface area contributed by atoms with Crippen molar-refractivity contribution in [3.63, 3.8) is 0 Å². The van der Waals surface area contributed by atoms with Crippen molar-refractivity contribution in [2.45, 2.75) is 0 Å². The van der Waals surface area contributed by atoms with Gasteiger partial charge in [0.05, 0.1) is 0 Å². The first-order valence-electron chi connectivity index (χ1n) is 0. The zero-order valence-electron chi connectivity index (χ0n) is 2.51. The first kappa shape index (κ1) is 86.8. The van der Waals surface area contributed by atoms with Gasteiger partial charge < -0.3 is 49.6 Å². The largest absolute Gasteiger partial charge is 4.00 e. The van der Waals surface area contributed by atoms with Gasteiger partial charge in [0.2, 0.25) is 0 Å². The second kappa shape index (κ2) is 56.6. The Labute approximate surface area is 84.2 Å². The molecule has 0 unspecified atom stereocenters. The summed E-state index contributed by atoms with van der Waals surface area (Å²) < 4.78 is 0. The molecule has 0 nitrogen and oxygen atoms in total. The topological polar surface area (TPSA) is 0 Å². The molecule has 6 heteroatoms. The summed E-state index contributed by atoms with van der Waals surface area (Å²) in [6, 6.07) is 0. The summed E-state index contributed by atoms with van der Waals surface area (Å²) in [5.41, 5.74) is 0. The van der Waals surface area contributed by atoms with Gasteiger partial charge in [-0.15, -0.1) is 0 Å². The van der Waals surface area contributed by atoms with E-state index in [0.717, 1.165) is 0 Å². The molecule has 0 N–H and O–H groups in total. The van der Waals surface area contributed by atoms with Crippen LogP contribution in [0.5, 0.6) is 0 Å². The molecule has 0 aromatic carbocycles. The van der Waals surface area contributed by atoms with Crippen LogP contribution in [0, 0.1) is 0 Å². The van der Waals surface area contributed by atoms with Crippen molar-refractivity contribution >= 4 is 13.5 Å². The van der Waals surface area contributed by atoms with Crippen molar-refractivity contribution in [3.8, 4) is 0 Å². The zero-order valence-corrected chi connectivity index (χ0v) is 8.10. The number of hydrogen-bond donors (Lipinski definition) is 0. The maximum Gasteiger partial charge on any atom is 4.00 e. The Morgan fingerprint density at radius 1 is 0.500 bits per heavy atom. The molecule has 0 aromatic heterocycles. The van der Waals surface area contributed by atoms with Crippen LogP contribution in [0.25, 0.3) is 0 Å². The van der Waals surface area contributed by atoms with Crippen LogP contribution in [0.2, 0.25) is 0 Å². The summed E-state index contributed by atoms with van der Waals surface area (Å²) in [7, 11) is 0. The van der Waals surface area contributed by atoms with E-state index >= 15 is 0 Å². The van der Waals surface area contributed by atoms with Gasteiger partial charge in [-0.1, -0.05) is 0 Å². The molecule has 0 fully saturated rings. The van der Waals surface area contributed by atoms with Gasteiger partial charge in [-0.25, -0.2) is 0 Å². The Kier molecular flexibility index (Phi) is 818. The first-order chi connectivity index (χ1) is 0. The molecule has 40 valence electrons. The van der Waals surface area contributed by atoms with Gasteiger partial charge in [0.1, 0.15) is 0 Å². The normalized spacial score (nSPS) is 0. The molecule has 0 saturated carbocycles. The fraction of sp³-hybridized carbons (Fsp3) is 0. The molecule has 0 atom stereocenters. The van der Waals surface area contributed by atoms with E-state index in [1.54, 1.807) is 0 Å². The van der Waals surface area contributed by atoms with E-state index in [9.17, 15) is 0 Å². The Morgan fingerprint density at radius 3 is 0.500 bits per heavy atom. The molecule has 6 heavy (non-hydrogen) atoms. The summed E-state index contributed by atoms with van der Waals surface area (Å²) in [6.45, 7) is 0. The van der Waals surface area contributed by atoms with Crippen LogP contribution in [0.15, 0.2) is 0 Å². The minimum absolute atomic E-state index is 0. The van der Waals surface area contributed by atoms with Gasteiger partial charge in [0, 0.05) is 0 Å². The Hall–Kier alpha value is 2.22. The van der Waals surface area contributed by atoms with Gasteiger partial charge in [0.25, 0.3) is 0 Å². The van der Waals surface area contributed by atoms with Crippen LogP contribution in [0.1, 0.15) is 0 Å². The maximum atomic E-state index is 0. The first-order valence-corrected chi connectivity index (χ1v) is 0. The molecular formula is H2Cl4STi. The maximum absolute atomic E-state index is 0. The fourth-order valence-corrected chi connectivity index (χ4v) is 0. The van der Waals surface area contributed by atoms with E-state index in [-0.39, 0.29) is 84.8 Å². The standard InChI is InChI=1S/4ClH.H2S.Ti/h4*1H;1H2;/q;;;;;+4/p-4. The molecule has 0 aliphatic carbocycles. The quantitative estimate of drug-likeness (QED) is 0.358. The van der Waals surface area contributed by atoms with E-state index in [0.29, 0.717) is 0 Å². The van der Waals surface area contributed by atoms with Gasteiger partial charge >= 0.3 is 21.7 Å². The fourth-order valence-electron chi connectivity index (χ4n) is 0. The SMILES string of the molecule is S.[Cl-].[Cl-].[Cl-].[Cl-].[Ti+4]. The van der Waals surface area contributed by atoms with Crippen LogP contribution in [0.4, 0.5) is 0 Å². The van der Waals surface area contributed by atoms with Crippen molar-refractivity contribution in [2.75, 3.05) is 0 Å². The average molecular weight is 224 g/mol. The monoisotopic (exact) mass is 222 g/mol. The molecule has 0 rings (SSSR count). The third kappa shape index (κ3) is 34.3. The van der Waals surface area contributed by atoms with E-state index in [1.165, 1.54) is 0 Å². The third-order valence-electron chi connectivity index (χ3n) is 0. The zero-order chi connectivity index (χ0) is 0. The van der Waals surface area contributed by atoms with E-state index in [1.807, 2.05) is 0 Å². The van der Waals surface area contributed by atoms with Gasteiger partial charge in [-0.2, -0.15) is 13.5 Å². The number of hydrogen-bond acceptors (Lipinski definition) is 0. The van der Waals surface area contributed by atoms with Crippen LogP contribution in [-0.4, -0.2) is 0 Å². The van der Waals surface area contributed by atoms with Gasteiger partial charge in [-0.3, -0.25) is 0 Å². The predicted octanol–water partition coefficient (Wildman–Crippen LogP) is -11.9. The van der Waals surface area contributed by atoms with Crippen molar-refractivity contribution in [1.82, 2.24) is 0 Å². The molecule has 0 amide bonds. The molecule has 0 bridgehead atoms. The molecule has 0 aromatic rings. The van der Waals surface area contributed by atoms with Crippen LogP contribution in [0.3, 0.4) is 0 Å². The van der Waals surface area contributed by atoms with E-state index in [4.69, 9.17) is 0 Å². The van der Waals surface area contributed by atoms with Gasteiger partial charge in [-0.05, 0) is 0 Å². The summed E-state index contributed by atoms with van der Waals surface area (Å²) in [5, 5.41) is 0. The summed E-state index contributed by atoms with van der Waals surface area (Å²) in [4.78, 5) is 0. The second-order valence-corrected chi connectivity index (χ2v) is 0. The molecule has 0 radical (unpaired) electrons. The smallest absolute Gasteiger partial charge is 1.00 e. The molecule has 0 heterocycles.